The van der Waals surface area contributed by atoms with Gasteiger partial charge < -0.3 is 4.42 Å². The fourth-order valence-electron chi connectivity index (χ4n) is 1.91. The average molecular weight is 253 g/mol. The van der Waals surface area contributed by atoms with Crippen LogP contribution in [0.25, 0.3) is 11.5 Å². The molecule has 0 aliphatic rings. The minimum atomic E-state index is -0.230. The molecule has 0 aliphatic heterocycles. The van der Waals surface area contributed by atoms with Crippen LogP contribution in [0.3, 0.4) is 0 Å². The number of halogens is 1. The quantitative estimate of drug-likeness (QED) is 0.703. The summed E-state index contributed by atoms with van der Waals surface area (Å²) in [5.41, 5.74) is 1.95. The summed E-state index contributed by atoms with van der Waals surface area (Å²) in [4.78, 5) is 4.26. The van der Waals surface area contributed by atoms with Crippen LogP contribution < -0.4 is 0 Å². The molecule has 0 saturated heterocycles. The molecule has 2 aromatic carbocycles. The summed E-state index contributed by atoms with van der Waals surface area (Å²) >= 11 is 0. The van der Waals surface area contributed by atoms with Crippen LogP contribution in [0.4, 0.5) is 4.39 Å². The van der Waals surface area contributed by atoms with E-state index in [-0.39, 0.29) is 5.82 Å². The van der Waals surface area contributed by atoms with Crippen LogP contribution in [-0.4, -0.2) is 4.98 Å². The predicted molar refractivity (Wildman–Crippen MR) is 71.1 cm³/mol. The highest BCUT2D eigenvalue weighted by Gasteiger charge is 2.06. The minimum Gasteiger partial charge on any atom is -0.441 e. The number of oxazole rings is 1. The lowest BCUT2D eigenvalue weighted by atomic mass is 10.1. The number of hydrogen-bond donors (Lipinski definition) is 0. The summed E-state index contributed by atoms with van der Waals surface area (Å²) in [6, 6.07) is 16.1. The van der Waals surface area contributed by atoms with Gasteiger partial charge in [-0.3, -0.25) is 0 Å². The predicted octanol–water partition coefficient (Wildman–Crippen LogP) is 4.07. The van der Waals surface area contributed by atoms with Crippen molar-refractivity contribution in [1.29, 1.82) is 0 Å². The molecule has 1 heterocycles. The first kappa shape index (κ1) is 11.7. The summed E-state index contributed by atoms with van der Waals surface area (Å²) in [5.74, 6) is 1.15. The lowest BCUT2D eigenvalue weighted by Gasteiger charge is -1.98. The van der Waals surface area contributed by atoms with Gasteiger partial charge >= 0.3 is 0 Å². The molecule has 2 nitrogen and oxygen atoms in total. The second-order valence-electron chi connectivity index (χ2n) is 4.30. The summed E-state index contributed by atoms with van der Waals surface area (Å²) < 4.78 is 18.5. The molecule has 3 rings (SSSR count). The Balaban J connectivity index is 1.80. The van der Waals surface area contributed by atoms with Crippen LogP contribution in [-0.2, 0) is 6.42 Å². The maximum atomic E-state index is 12.8. The molecule has 0 aliphatic carbocycles. The van der Waals surface area contributed by atoms with Crippen LogP contribution in [0, 0.1) is 5.82 Å². The molecule has 0 radical (unpaired) electrons. The minimum absolute atomic E-state index is 0.230. The van der Waals surface area contributed by atoms with Crippen molar-refractivity contribution in [2.45, 2.75) is 6.42 Å². The smallest absolute Gasteiger partial charge is 0.226 e. The maximum absolute atomic E-state index is 12.8. The Hall–Kier alpha value is -2.42. The Morgan fingerprint density at radius 1 is 0.947 bits per heavy atom. The highest BCUT2D eigenvalue weighted by atomic mass is 19.1. The Kier molecular flexibility index (Phi) is 3.11. The second kappa shape index (κ2) is 5.06. The molecule has 0 N–H and O–H groups in total. The van der Waals surface area contributed by atoms with E-state index in [4.69, 9.17) is 4.42 Å². The van der Waals surface area contributed by atoms with Crippen LogP contribution in [0.5, 0.6) is 0 Å². The molecule has 0 saturated carbocycles. The van der Waals surface area contributed by atoms with Crippen LogP contribution in [0.15, 0.2) is 65.2 Å². The molecule has 0 atom stereocenters. The van der Waals surface area contributed by atoms with Gasteiger partial charge in [-0.05, 0) is 29.8 Å². The van der Waals surface area contributed by atoms with Crippen LogP contribution in [0.2, 0.25) is 0 Å². The summed E-state index contributed by atoms with van der Waals surface area (Å²) in [6.45, 7) is 0. The van der Waals surface area contributed by atoms with Crippen molar-refractivity contribution in [2.24, 2.45) is 0 Å². The molecule has 1 aromatic heterocycles. The van der Waals surface area contributed by atoms with E-state index in [9.17, 15) is 4.39 Å². The third-order valence-corrected chi connectivity index (χ3v) is 2.87. The van der Waals surface area contributed by atoms with Gasteiger partial charge in [0, 0.05) is 12.0 Å². The highest BCUT2D eigenvalue weighted by Crippen LogP contribution is 2.20. The van der Waals surface area contributed by atoms with Crippen molar-refractivity contribution in [2.75, 3.05) is 0 Å². The maximum Gasteiger partial charge on any atom is 0.226 e. The topological polar surface area (TPSA) is 26.0 Å². The summed E-state index contributed by atoms with van der Waals surface area (Å²) in [6.07, 6.45) is 2.33. The van der Waals surface area contributed by atoms with Crippen molar-refractivity contribution >= 4 is 0 Å². The lowest BCUT2D eigenvalue weighted by molar-refractivity contribution is 0.529. The van der Waals surface area contributed by atoms with E-state index >= 15 is 0 Å². The zero-order valence-corrected chi connectivity index (χ0v) is 10.2. The SMILES string of the molecule is Fc1ccc(Cc2cnc(-c3ccccc3)o2)cc1. The van der Waals surface area contributed by atoms with Gasteiger partial charge in [0.1, 0.15) is 11.6 Å². The van der Waals surface area contributed by atoms with Gasteiger partial charge in [-0.25, -0.2) is 9.37 Å². The van der Waals surface area contributed by atoms with E-state index in [0.29, 0.717) is 12.3 Å². The molecule has 0 amide bonds. The molecule has 94 valence electrons. The Bertz CT molecular complexity index is 659. The number of rotatable bonds is 3. The fraction of sp³-hybridized carbons (Fsp3) is 0.0625. The lowest BCUT2D eigenvalue weighted by Crippen LogP contribution is -1.85. The zero-order chi connectivity index (χ0) is 13.1. The molecule has 0 spiro atoms. The second-order valence-corrected chi connectivity index (χ2v) is 4.30. The number of aromatic nitrogens is 1. The van der Waals surface area contributed by atoms with Gasteiger partial charge in [0.05, 0.1) is 6.20 Å². The fourth-order valence-corrected chi connectivity index (χ4v) is 1.91. The van der Waals surface area contributed by atoms with Crippen molar-refractivity contribution < 1.29 is 8.81 Å². The average Bonchev–Trinajstić information content (AvgIpc) is 2.91. The third-order valence-electron chi connectivity index (χ3n) is 2.87. The van der Waals surface area contributed by atoms with Gasteiger partial charge in [-0.1, -0.05) is 30.3 Å². The number of hydrogen-bond acceptors (Lipinski definition) is 2. The zero-order valence-electron chi connectivity index (χ0n) is 10.2. The van der Waals surface area contributed by atoms with Crippen molar-refractivity contribution in [1.82, 2.24) is 4.98 Å². The van der Waals surface area contributed by atoms with Crippen molar-refractivity contribution in [3.63, 3.8) is 0 Å². The molecule has 0 bridgehead atoms. The Labute approximate surface area is 110 Å². The first-order valence-corrected chi connectivity index (χ1v) is 6.06. The van der Waals surface area contributed by atoms with Crippen LogP contribution >= 0.6 is 0 Å². The van der Waals surface area contributed by atoms with E-state index in [1.54, 1.807) is 18.3 Å². The Morgan fingerprint density at radius 3 is 2.42 bits per heavy atom. The van der Waals surface area contributed by atoms with Gasteiger partial charge in [0.2, 0.25) is 5.89 Å². The van der Waals surface area contributed by atoms with Crippen molar-refractivity contribution in [3.8, 4) is 11.5 Å². The molecular formula is C16H12FNO. The first-order chi connectivity index (χ1) is 9.31. The first-order valence-electron chi connectivity index (χ1n) is 6.06. The monoisotopic (exact) mass is 253 g/mol. The normalized spacial score (nSPS) is 10.6. The standard InChI is InChI=1S/C16H12FNO/c17-14-8-6-12(7-9-14)10-15-11-18-16(19-15)13-4-2-1-3-5-13/h1-9,11H,10H2. The molecular weight excluding hydrogens is 241 g/mol. The van der Waals surface area contributed by atoms with E-state index < -0.39 is 0 Å². The highest BCUT2D eigenvalue weighted by molar-refractivity contribution is 5.52. The summed E-state index contributed by atoms with van der Waals surface area (Å²) in [5, 5.41) is 0. The van der Waals surface area contributed by atoms with Gasteiger partial charge in [-0.15, -0.1) is 0 Å². The molecule has 3 aromatic rings. The number of benzene rings is 2. The van der Waals surface area contributed by atoms with E-state index in [1.807, 2.05) is 30.3 Å². The van der Waals surface area contributed by atoms with Gasteiger partial charge in [-0.2, -0.15) is 0 Å². The van der Waals surface area contributed by atoms with E-state index in [0.717, 1.165) is 16.9 Å². The molecule has 3 heteroatoms. The number of nitrogens with zero attached hydrogens (tertiary/aromatic N) is 1. The molecule has 0 fully saturated rings. The molecule has 19 heavy (non-hydrogen) atoms. The molecule has 0 unspecified atom stereocenters. The summed E-state index contributed by atoms with van der Waals surface area (Å²) in [7, 11) is 0. The van der Waals surface area contributed by atoms with Crippen molar-refractivity contribution in [3.05, 3.63) is 77.9 Å². The Morgan fingerprint density at radius 2 is 1.68 bits per heavy atom. The van der Waals surface area contributed by atoms with Crippen LogP contribution in [0.1, 0.15) is 11.3 Å². The third kappa shape index (κ3) is 2.71. The van der Waals surface area contributed by atoms with E-state index in [1.165, 1.54) is 12.1 Å². The largest absolute Gasteiger partial charge is 0.441 e. The van der Waals surface area contributed by atoms with E-state index in [2.05, 4.69) is 4.98 Å². The van der Waals surface area contributed by atoms with Gasteiger partial charge in [0.15, 0.2) is 0 Å². The van der Waals surface area contributed by atoms with Gasteiger partial charge in [0.25, 0.3) is 0 Å².